The number of aliphatic hydroxyl groups is 4. The van der Waals surface area contributed by atoms with Gasteiger partial charge in [-0.05, 0) is 92.8 Å². The number of carbonyl (C=O) groups is 1. The minimum atomic E-state index is -1.47. The minimum Gasteiger partial charge on any atom is -0.462 e. The quantitative estimate of drug-likeness (QED) is 0.412. The second-order valence-corrected chi connectivity index (χ2v) is 13.7. The van der Waals surface area contributed by atoms with Crippen molar-refractivity contribution in [3.63, 3.8) is 0 Å². The standard InChI is InChI=1S/C29H50O6/c1-17(2)7-10-24(35-19(4)30)18(3)21-8-9-22-23-15-25(32)29(34)16-20(31)11-12-27(29,6)28(23,33)14-13-26(21,22)5/h17-18,20-25,31-34H,7-16H2,1-6H3/t18-,20-,21+,22-,23-,24-,25+,26+,27+,28+,29-/m0/s1. The van der Waals surface area contributed by atoms with Crippen LogP contribution in [0.15, 0.2) is 0 Å². The van der Waals surface area contributed by atoms with Crippen LogP contribution in [-0.2, 0) is 9.53 Å². The van der Waals surface area contributed by atoms with Gasteiger partial charge in [-0.2, -0.15) is 0 Å². The number of carbonyl (C=O) groups excluding carboxylic acids is 1. The van der Waals surface area contributed by atoms with Crippen LogP contribution in [0.25, 0.3) is 0 Å². The molecule has 4 fully saturated rings. The highest BCUT2D eigenvalue weighted by Gasteiger charge is 2.73. The van der Waals surface area contributed by atoms with E-state index in [-0.39, 0.29) is 41.7 Å². The van der Waals surface area contributed by atoms with Crippen molar-refractivity contribution in [3.05, 3.63) is 0 Å². The molecule has 11 atom stereocenters. The first-order valence-corrected chi connectivity index (χ1v) is 14.2. The molecule has 0 heterocycles. The fourth-order valence-corrected chi connectivity index (χ4v) is 9.50. The Labute approximate surface area is 211 Å². The molecule has 4 saturated carbocycles. The molecule has 0 aromatic rings. The molecular formula is C29H50O6. The van der Waals surface area contributed by atoms with Gasteiger partial charge in [0.25, 0.3) is 0 Å². The van der Waals surface area contributed by atoms with Crippen LogP contribution in [0.5, 0.6) is 0 Å². The first-order valence-electron chi connectivity index (χ1n) is 14.2. The van der Waals surface area contributed by atoms with Gasteiger partial charge < -0.3 is 25.2 Å². The van der Waals surface area contributed by atoms with Gasteiger partial charge in [0.1, 0.15) is 11.7 Å². The lowest BCUT2D eigenvalue weighted by Crippen LogP contribution is -2.76. The van der Waals surface area contributed by atoms with Gasteiger partial charge in [-0.15, -0.1) is 0 Å². The van der Waals surface area contributed by atoms with Crippen molar-refractivity contribution >= 4 is 5.97 Å². The summed E-state index contributed by atoms with van der Waals surface area (Å²) in [4.78, 5) is 11.9. The average Bonchev–Trinajstić information content (AvgIpc) is 3.11. The van der Waals surface area contributed by atoms with Gasteiger partial charge in [0.15, 0.2) is 0 Å². The zero-order valence-corrected chi connectivity index (χ0v) is 22.8. The van der Waals surface area contributed by atoms with Crippen molar-refractivity contribution in [2.75, 3.05) is 0 Å². The third-order valence-electron chi connectivity index (χ3n) is 11.7. The molecule has 0 aromatic carbocycles. The summed E-state index contributed by atoms with van der Waals surface area (Å²) in [5.74, 6) is 1.10. The number of rotatable bonds is 6. The van der Waals surface area contributed by atoms with E-state index in [4.69, 9.17) is 4.74 Å². The third-order valence-corrected chi connectivity index (χ3v) is 11.7. The minimum absolute atomic E-state index is 0.00768. The Balaban J connectivity index is 1.61. The third kappa shape index (κ3) is 4.09. The maximum Gasteiger partial charge on any atom is 0.302 e. The molecule has 0 radical (unpaired) electrons. The average molecular weight is 495 g/mol. The van der Waals surface area contributed by atoms with Crippen molar-refractivity contribution in [1.82, 2.24) is 0 Å². The molecule has 4 rings (SSSR count). The van der Waals surface area contributed by atoms with Crippen molar-refractivity contribution in [3.8, 4) is 0 Å². The molecule has 4 N–H and O–H groups in total. The summed E-state index contributed by atoms with van der Waals surface area (Å²) < 4.78 is 5.87. The van der Waals surface area contributed by atoms with Crippen LogP contribution in [0.4, 0.5) is 0 Å². The molecule has 0 aliphatic heterocycles. The van der Waals surface area contributed by atoms with Crippen LogP contribution < -0.4 is 0 Å². The summed E-state index contributed by atoms with van der Waals surface area (Å²) in [5, 5.41) is 45.6. The largest absolute Gasteiger partial charge is 0.462 e. The van der Waals surface area contributed by atoms with E-state index >= 15 is 0 Å². The van der Waals surface area contributed by atoms with E-state index in [9.17, 15) is 25.2 Å². The zero-order chi connectivity index (χ0) is 26.0. The fraction of sp³-hybridized carbons (Fsp3) is 0.966. The van der Waals surface area contributed by atoms with Crippen LogP contribution in [0.2, 0.25) is 0 Å². The maximum absolute atomic E-state index is 12.4. The molecule has 6 nitrogen and oxygen atoms in total. The maximum atomic E-state index is 12.4. The first kappa shape index (κ1) is 27.3. The van der Waals surface area contributed by atoms with Crippen molar-refractivity contribution in [2.24, 2.45) is 40.4 Å². The molecule has 4 aliphatic rings. The predicted octanol–water partition coefficient (Wildman–Crippen LogP) is 4.21. The molecule has 0 aromatic heterocycles. The van der Waals surface area contributed by atoms with E-state index in [0.29, 0.717) is 37.5 Å². The number of ether oxygens (including phenoxy) is 1. The highest BCUT2D eigenvalue weighted by atomic mass is 16.5. The Bertz CT molecular complexity index is 800. The first-order chi connectivity index (χ1) is 16.2. The Kier molecular flexibility index (Phi) is 7.23. The van der Waals surface area contributed by atoms with Crippen LogP contribution >= 0.6 is 0 Å². The van der Waals surface area contributed by atoms with Gasteiger partial charge in [0, 0.05) is 18.8 Å². The summed E-state index contributed by atoms with van der Waals surface area (Å²) in [6.07, 6.45) is 5.23. The molecule has 4 aliphatic carbocycles. The molecule has 0 spiro atoms. The Morgan fingerprint density at radius 3 is 2.26 bits per heavy atom. The van der Waals surface area contributed by atoms with Gasteiger partial charge in [-0.3, -0.25) is 4.79 Å². The zero-order valence-electron chi connectivity index (χ0n) is 22.8. The predicted molar refractivity (Wildman–Crippen MR) is 134 cm³/mol. The van der Waals surface area contributed by atoms with Gasteiger partial charge in [0.2, 0.25) is 0 Å². The van der Waals surface area contributed by atoms with Crippen LogP contribution in [-0.4, -0.2) is 55.9 Å². The molecule has 0 amide bonds. The van der Waals surface area contributed by atoms with E-state index in [0.717, 1.165) is 32.1 Å². The summed E-state index contributed by atoms with van der Waals surface area (Å²) in [5.41, 5.74) is -3.38. The van der Waals surface area contributed by atoms with Crippen molar-refractivity contribution < 1.29 is 30.0 Å². The number of esters is 1. The van der Waals surface area contributed by atoms with E-state index < -0.39 is 28.8 Å². The smallest absolute Gasteiger partial charge is 0.302 e. The van der Waals surface area contributed by atoms with E-state index in [1.165, 1.54) is 6.92 Å². The second-order valence-electron chi connectivity index (χ2n) is 13.7. The molecular weight excluding hydrogens is 444 g/mol. The van der Waals surface area contributed by atoms with Gasteiger partial charge in [-0.1, -0.05) is 34.6 Å². The number of hydrogen-bond acceptors (Lipinski definition) is 6. The Hall–Kier alpha value is -0.690. The Morgan fingerprint density at radius 1 is 0.943 bits per heavy atom. The molecule has 6 heteroatoms. The number of hydrogen-bond donors (Lipinski definition) is 4. The molecule has 0 unspecified atom stereocenters. The van der Waals surface area contributed by atoms with E-state index in [1.54, 1.807) is 0 Å². The summed E-state index contributed by atoms with van der Waals surface area (Å²) >= 11 is 0. The van der Waals surface area contributed by atoms with E-state index in [1.807, 2.05) is 6.92 Å². The van der Waals surface area contributed by atoms with Gasteiger partial charge >= 0.3 is 5.97 Å². The summed E-state index contributed by atoms with van der Waals surface area (Å²) in [6.45, 7) is 12.5. The van der Waals surface area contributed by atoms with Gasteiger partial charge in [0.05, 0.1) is 17.8 Å². The van der Waals surface area contributed by atoms with E-state index in [2.05, 4.69) is 27.7 Å². The van der Waals surface area contributed by atoms with Crippen LogP contribution in [0.1, 0.15) is 106 Å². The normalized spacial score (nSPS) is 49.1. The lowest BCUT2D eigenvalue weighted by Gasteiger charge is -2.69. The molecule has 35 heavy (non-hydrogen) atoms. The number of aliphatic hydroxyl groups excluding tert-OH is 2. The lowest BCUT2D eigenvalue weighted by atomic mass is 9.40. The number of fused-ring (bicyclic) bond motifs is 5. The monoisotopic (exact) mass is 494 g/mol. The highest BCUT2D eigenvalue weighted by Crippen LogP contribution is 2.70. The molecule has 0 bridgehead atoms. The SMILES string of the molecule is CC(=O)O[C@@H](CCC(C)C)[C@@H](C)[C@H]1CC[C@H]2[C@@H]3C[C@@H](O)[C@@]4(O)C[C@@H](O)CC[C@]4(C)[C@@]3(O)CC[C@]12C. The summed E-state index contributed by atoms with van der Waals surface area (Å²) in [7, 11) is 0. The Morgan fingerprint density at radius 2 is 1.63 bits per heavy atom. The highest BCUT2D eigenvalue weighted by molar-refractivity contribution is 5.66. The molecule has 0 saturated heterocycles. The fourth-order valence-electron chi connectivity index (χ4n) is 9.50. The lowest BCUT2D eigenvalue weighted by molar-refractivity contribution is -0.324. The topological polar surface area (TPSA) is 107 Å². The summed E-state index contributed by atoms with van der Waals surface area (Å²) in [6, 6.07) is 0. The van der Waals surface area contributed by atoms with Gasteiger partial charge in [-0.25, -0.2) is 0 Å². The van der Waals surface area contributed by atoms with Crippen molar-refractivity contribution in [2.45, 2.75) is 135 Å². The van der Waals surface area contributed by atoms with Crippen molar-refractivity contribution in [1.29, 1.82) is 0 Å². The molecule has 202 valence electrons. The van der Waals surface area contributed by atoms with Crippen LogP contribution in [0.3, 0.4) is 0 Å². The second kappa shape index (κ2) is 9.25. The van der Waals surface area contributed by atoms with Crippen LogP contribution in [0, 0.1) is 40.4 Å².